The molecule has 1 fully saturated rings. The maximum absolute atomic E-state index is 12.6. The third-order valence-corrected chi connectivity index (χ3v) is 4.64. The quantitative estimate of drug-likeness (QED) is 0.899. The summed E-state index contributed by atoms with van der Waals surface area (Å²) < 4.78 is 0. The summed E-state index contributed by atoms with van der Waals surface area (Å²) in [6, 6.07) is 15.0. The summed E-state index contributed by atoms with van der Waals surface area (Å²) in [5.74, 6) is -1.01. The minimum absolute atomic E-state index is 0.152. The summed E-state index contributed by atoms with van der Waals surface area (Å²) in [7, 11) is 1.77. The molecule has 0 aliphatic carbocycles. The van der Waals surface area contributed by atoms with Crippen molar-refractivity contribution in [1.29, 1.82) is 0 Å². The van der Waals surface area contributed by atoms with Gasteiger partial charge in [-0.05, 0) is 43.7 Å². The van der Waals surface area contributed by atoms with E-state index in [0.29, 0.717) is 18.5 Å². The van der Waals surface area contributed by atoms with Crippen molar-refractivity contribution in [3.8, 4) is 11.1 Å². The molecule has 1 aliphatic heterocycles. The first-order valence-corrected chi connectivity index (χ1v) is 8.35. The van der Waals surface area contributed by atoms with Crippen molar-refractivity contribution in [3.63, 3.8) is 0 Å². The lowest BCUT2D eigenvalue weighted by Gasteiger charge is -2.14. The highest BCUT2D eigenvalue weighted by Crippen LogP contribution is 2.22. The number of nitrogens with zero attached hydrogens (tertiary/aromatic N) is 1. The Morgan fingerprint density at radius 2 is 1.80 bits per heavy atom. The fraction of sp³-hybridized carbons (Fsp3) is 0.300. The molecule has 0 radical (unpaired) electrons. The Hall–Kier alpha value is -2.66. The number of carbonyl (C=O) groups excluding carboxylic acids is 1. The molecule has 0 unspecified atom stereocenters. The number of likely N-dealkylation sites (N-methyl/N-ethyl adjacent to an activating group) is 1. The van der Waals surface area contributed by atoms with Crippen LogP contribution < -0.4 is 5.32 Å². The molecular formula is C20H22N2O3. The number of benzene rings is 2. The zero-order valence-corrected chi connectivity index (χ0v) is 14.4. The van der Waals surface area contributed by atoms with Gasteiger partial charge in [0.15, 0.2) is 0 Å². The number of hydrogen-bond donors (Lipinski definition) is 2. The van der Waals surface area contributed by atoms with Crippen molar-refractivity contribution >= 4 is 11.9 Å². The molecule has 2 atom stereocenters. The summed E-state index contributed by atoms with van der Waals surface area (Å²) in [5.41, 5.74) is 3.81. The number of nitrogens with one attached hydrogen (secondary N) is 1. The molecular weight excluding hydrogens is 316 g/mol. The Morgan fingerprint density at radius 1 is 1.12 bits per heavy atom. The maximum atomic E-state index is 12.6. The third-order valence-electron chi connectivity index (χ3n) is 4.64. The van der Waals surface area contributed by atoms with Crippen LogP contribution in [-0.2, 0) is 4.79 Å². The third kappa shape index (κ3) is 3.88. The van der Waals surface area contributed by atoms with E-state index in [4.69, 9.17) is 0 Å². The lowest BCUT2D eigenvalue weighted by atomic mass is 10.0. The van der Waals surface area contributed by atoms with Gasteiger partial charge in [0.2, 0.25) is 0 Å². The van der Waals surface area contributed by atoms with Gasteiger partial charge in [-0.1, -0.05) is 42.0 Å². The summed E-state index contributed by atoms with van der Waals surface area (Å²) in [5, 5.41) is 12.1. The van der Waals surface area contributed by atoms with Gasteiger partial charge >= 0.3 is 5.97 Å². The van der Waals surface area contributed by atoms with Crippen LogP contribution in [0.2, 0.25) is 0 Å². The Kier molecular flexibility index (Phi) is 4.86. The van der Waals surface area contributed by atoms with Crippen LogP contribution in [0.25, 0.3) is 11.1 Å². The predicted octanol–water partition coefficient (Wildman–Crippen LogP) is 2.55. The number of aryl methyl sites for hydroxylation is 1. The van der Waals surface area contributed by atoms with E-state index in [0.717, 1.165) is 11.1 Å². The Bertz CT molecular complexity index is 803. The lowest BCUT2D eigenvalue weighted by molar-refractivity contribution is -0.141. The second-order valence-corrected chi connectivity index (χ2v) is 6.65. The van der Waals surface area contributed by atoms with E-state index in [1.807, 2.05) is 43.3 Å². The molecule has 2 aromatic carbocycles. The van der Waals surface area contributed by atoms with Gasteiger partial charge in [0.05, 0.1) is 0 Å². The highest BCUT2D eigenvalue weighted by molar-refractivity contribution is 5.95. The zero-order chi connectivity index (χ0) is 18.0. The topological polar surface area (TPSA) is 69.6 Å². The van der Waals surface area contributed by atoms with Crippen LogP contribution >= 0.6 is 0 Å². The van der Waals surface area contributed by atoms with E-state index in [1.165, 1.54) is 5.56 Å². The number of carboxylic acids is 1. The number of likely N-dealkylation sites (tertiary alicyclic amines) is 1. The summed E-state index contributed by atoms with van der Waals surface area (Å²) in [6.45, 7) is 2.58. The second kappa shape index (κ2) is 7.07. The molecule has 5 heteroatoms. The standard InChI is InChI=1S/C20H22N2O3/c1-13-5-3-6-14(9-13)15-7-4-8-16(10-15)19(23)21-17-11-18(20(24)25)22(2)12-17/h3-10,17-18H,11-12H2,1-2H3,(H,21,23)(H,24,25)/t17-,18-/m0/s1. The largest absolute Gasteiger partial charge is 0.480 e. The molecule has 2 N–H and O–H groups in total. The van der Waals surface area contributed by atoms with Crippen molar-refractivity contribution in [2.24, 2.45) is 0 Å². The van der Waals surface area contributed by atoms with Crippen LogP contribution in [-0.4, -0.2) is 47.6 Å². The predicted molar refractivity (Wildman–Crippen MR) is 96.5 cm³/mol. The number of amides is 1. The van der Waals surface area contributed by atoms with E-state index < -0.39 is 12.0 Å². The van der Waals surface area contributed by atoms with E-state index >= 15 is 0 Å². The van der Waals surface area contributed by atoms with Gasteiger partial charge in [-0.3, -0.25) is 14.5 Å². The fourth-order valence-corrected chi connectivity index (χ4v) is 3.33. The van der Waals surface area contributed by atoms with E-state index in [-0.39, 0.29) is 11.9 Å². The number of hydrogen-bond acceptors (Lipinski definition) is 3. The Balaban J connectivity index is 1.73. The molecule has 1 heterocycles. The second-order valence-electron chi connectivity index (χ2n) is 6.65. The minimum Gasteiger partial charge on any atom is -0.480 e. The van der Waals surface area contributed by atoms with Gasteiger partial charge < -0.3 is 10.4 Å². The molecule has 5 nitrogen and oxygen atoms in total. The van der Waals surface area contributed by atoms with Gasteiger partial charge in [-0.15, -0.1) is 0 Å². The van der Waals surface area contributed by atoms with Crippen molar-refractivity contribution < 1.29 is 14.7 Å². The van der Waals surface area contributed by atoms with Crippen molar-refractivity contribution in [3.05, 3.63) is 59.7 Å². The first kappa shape index (κ1) is 17.2. The van der Waals surface area contributed by atoms with Gasteiger partial charge in [0.25, 0.3) is 5.91 Å². The minimum atomic E-state index is -0.847. The lowest BCUT2D eigenvalue weighted by Crippen LogP contribution is -2.36. The monoisotopic (exact) mass is 338 g/mol. The molecule has 0 aromatic heterocycles. The van der Waals surface area contributed by atoms with Crippen LogP contribution in [0.15, 0.2) is 48.5 Å². The average molecular weight is 338 g/mol. The summed E-state index contributed by atoms with van der Waals surface area (Å²) in [6.07, 6.45) is 0.426. The van der Waals surface area contributed by atoms with E-state index in [9.17, 15) is 14.7 Å². The highest BCUT2D eigenvalue weighted by atomic mass is 16.4. The van der Waals surface area contributed by atoms with E-state index in [2.05, 4.69) is 11.4 Å². The number of aliphatic carboxylic acids is 1. The number of carboxylic acid groups (broad SMARTS) is 1. The molecule has 1 aliphatic rings. The molecule has 0 bridgehead atoms. The molecule has 1 amide bonds. The maximum Gasteiger partial charge on any atom is 0.320 e. The van der Waals surface area contributed by atoms with Gasteiger partial charge in [-0.25, -0.2) is 0 Å². The van der Waals surface area contributed by atoms with E-state index in [1.54, 1.807) is 18.0 Å². The molecule has 130 valence electrons. The van der Waals surface area contributed by atoms with Crippen LogP contribution in [0.1, 0.15) is 22.3 Å². The van der Waals surface area contributed by atoms with Crippen molar-refractivity contribution in [2.45, 2.75) is 25.4 Å². The van der Waals surface area contributed by atoms with Crippen LogP contribution in [0.4, 0.5) is 0 Å². The normalized spacial score (nSPS) is 20.4. The van der Waals surface area contributed by atoms with Gasteiger partial charge in [0, 0.05) is 18.2 Å². The molecule has 3 rings (SSSR count). The number of rotatable bonds is 4. The summed E-state index contributed by atoms with van der Waals surface area (Å²) >= 11 is 0. The van der Waals surface area contributed by atoms with Crippen molar-refractivity contribution in [1.82, 2.24) is 10.2 Å². The average Bonchev–Trinajstić information content (AvgIpc) is 2.95. The van der Waals surface area contributed by atoms with Gasteiger partial charge in [-0.2, -0.15) is 0 Å². The van der Waals surface area contributed by atoms with Crippen molar-refractivity contribution in [2.75, 3.05) is 13.6 Å². The molecule has 0 saturated carbocycles. The Labute approximate surface area is 147 Å². The molecule has 1 saturated heterocycles. The SMILES string of the molecule is Cc1cccc(-c2cccc(C(=O)N[C@H]3C[C@@H](C(=O)O)N(C)C3)c2)c1. The smallest absolute Gasteiger partial charge is 0.320 e. The Morgan fingerprint density at radius 3 is 2.44 bits per heavy atom. The first-order chi connectivity index (χ1) is 11.9. The van der Waals surface area contributed by atoms with Crippen LogP contribution in [0.3, 0.4) is 0 Å². The van der Waals surface area contributed by atoms with Crippen LogP contribution in [0.5, 0.6) is 0 Å². The zero-order valence-electron chi connectivity index (χ0n) is 14.4. The molecule has 25 heavy (non-hydrogen) atoms. The van der Waals surface area contributed by atoms with Gasteiger partial charge in [0.1, 0.15) is 6.04 Å². The number of carbonyl (C=O) groups is 2. The highest BCUT2D eigenvalue weighted by Gasteiger charge is 2.35. The summed E-state index contributed by atoms with van der Waals surface area (Å²) in [4.78, 5) is 25.5. The fourth-order valence-electron chi connectivity index (χ4n) is 3.33. The molecule has 2 aromatic rings. The first-order valence-electron chi connectivity index (χ1n) is 8.35. The molecule has 0 spiro atoms. The van der Waals surface area contributed by atoms with Crippen LogP contribution in [0, 0.1) is 6.92 Å².